The van der Waals surface area contributed by atoms with E-state index in [4.69, 9.17) is 5.73 Å². The summed E-state index contributed by atoms with van der Waals surface area (Å²) in [4.78, 5) is 12.3. The van der Waals surface area contributed by atoms with Crippen LogP contribution in [-0.4, -0.2) is 17.0 Å². The molecule has 6 heteroatoms. The Labute approximate surface area is 143 Å². The predicted molar refractivity (Wildman–Crippen MR) is 94.5 cm³/mol. The lowest BCUT2D eigenvalue weighted by Gasteiger charge is -2.08. The van der Waals surface area contributed by atoms with Gasteiger partial charge in [-0.05, 0) is 54.1 Å². The fraction of sp³-hybridized carbons (Fsp3) is 0.105. The van der Waals surface area contributed by atoms with Gasteiger partial charge in [0.1, 0.15) is 5.82 Å². The van der Waals surface area contributed by atoms with E-state index in [9.17, 15) is 13.6 Å². The average molecular weight is 341 g/mol. The van der Waals surface area contributed by atoms with Crippen molar-refractivity contribution in [2.75, 3.05) is 11.9 Å². The van der Waals surface area contributed by atoms with Crippen LogP contribution in [0.4, 0.5) is 14.5 Å². The van der Waals surface area contributed by atoms with E-state index in [0.29, 0.717) is 29.7 Å². The summed E-state index contributed by atoms with van der Waals surface area (Å²) in [5.41, 5.74) is 7.85. The fourth-order valence-corrected chi connectivity index (χ4v) is 2.58. The van der Waals surface area contributed by atoms with Crippen molar-refractivity contribution in [2.24, 2.45) is 5.73 Å². The Kier molecular flexibility index (Phi) is 4.90. The molecule has 0 saturated carbocycles. The van der Waals surface area contributed by atoms with Gasteiger partial charge in [-0.25, -0.2) is 8.78 Å². The number of carbonyl (C=O) groups excluding carboxylic acids is 1. The van der Waals surface area contributed by atoms with Crippen molar-refractivity contribution >= 4 is 22.5 Å². The summed E-state index contributed by atoms with van der Waals surface area (Å²) in [6.07, 6.45) is 2.35. The third-order valence-corrected chi connectivity index (χ3v) is 3.93. The van der Waals surface area contributed by atoms with E-state index in [2.05, 4.69) is 5.32 Å². The first-order valence-corrected chi connectivity index (χ1v) is 7.74. The topological polar surface area (TPSA) is 60.0 Å². The van der Waals surface area contributed by atoms with Crippen molar-refractivity contribution in [3.8, 4) is 0 Å². The molecule has 4 nitrogen and oxygen atoms in total. The van der Waals surface area contributed by atoms with Gasteiger partial charge in [0.2, 0.25) is 0 Å². The molecule has 0 radical (unpaired) electrons. The number of carbonyl (C=O) groups is 1. The molecule has 0 spiro atoms. The highest BCUT2D eigenvalue weighted by Crippen LogP contribution is 2.20. The SMILES string of the molecule is NC/C(=C\F)Cn1ccc2cc(C(=O)Nc3ccc(F)cc3)ccc21. The van der Waals surface area contributed by atoms with Crippen LogP contribution >= 0.6 is 0 Å². The van der Waals surface area contributed by atoms with Crippen molar-refractivity contribution in [1.29, 1.82) is 0 Å². The summed E-state index contributed by atoms with van der Waals surface area (Å²) in [5.74, 6) is -0.646. The molecule has 25 heavy (non-hydrogen) atoms. The maximum absolute atomic E-state index is 12.9. The van der Waals surface area contributed by atoms with Crippen molar-refractivity contribution in [3.63, 3.8) is 0 Å². The largest absolute Gasteiger partial charge is 0.343 e. The Morgan fingerprint density at radius 1 is 1.16 bits per heavy atom. The number of rotatable bonds is 5. The molecule has 0 unspecified atom stereocenters. The summed E-state index contributed by atoms with van der Waals surface area (Å²) in [6, 6.07) is 12.7. The molecule has 1 heterocycles. The molecule has 3 rings (SSSR count). The van der Waals surface area contributed by atoms with Crippen LogP contribution in [0.2, 0.25) is 0 Å². The molecule has 1 aromatic heterocycles. The number of nitrogens with one attached hydrogen (secondary N) is 1. The summed E-state index contributed by atoms with van der Waals surface area (Å²) >= 11 is 0. The Morgan fingerprint density at radius 3 is 2.60 bits per heavy atom. The van der Waals surface area contributed by atoms with E-state index in [1.165, 1.54) is 24.3 Å². The van der Waals surface area contributed by atoms with E-state index in [1.807, 2.05) is 16.8 Å². The first kappa shape index (κ1) is 16.9. The summed E-state index contributed by atoms with van der Waals surface area (Å²) < 4.78 is 27.5. The lowest BCUT2D eigenvalue weighted by Crippen LogP contribution is -2.12. The molecule has 3 N–H and O–H groups in total. The normalized spacial score (nSPS) is 11.7. The molecule has 3 aromatic rings. The van der Waals surface area contributed by atoms with Gasteiger partial charge >= 0.3 is 0 Å². The molecule has 0 saturated heterocycles. The number of halogens is 2. The van der Waals surface area contributed by atoms with Crippen molar-refractivity contribution in [3.05, 3.63) is 78.0 Å². The molecule has 0 bridgehead atoms. The number of hydrogen-bond donors (Lipinski definition) is 2. The molecular weight excluding hydrogens is 324 g/mol. The molecule has 1 amide bonds. The first-order chi connectivity index (χ1) is 12.1. The summed E-state index contributed by atoms with van der Waals surface area (Å²) in [6.45, 7) is 0.506. The van der Waals surface area contributed by atoms with Crippen LogP contribution < -0.4 is 11.1 Å². The van der Waals surface area contributed by atoms with Gasteiger partial charge in [0.25, 0.3) is 5.91 Å². The number of fused-ring (bicyclic) bond motifs is 1. The highest BCUT2D eigenvalue weighted by molar-refractivity contribution is 6.06. The zero-order valence-electron chi connectivity index (χ0n) is 13.4. The van der Waals surface area contributed by atoms with E-state index in [1.54, 1.807) is 18.2 Å². The second-order valence-electron chi connectivity index (χ2n) is 5.65. The van der Waals surface area contributed by atoms with Crippen LogP contribution in [0, 0.1) is 5.82 Å². The van der Waals surface area contributed by atoms with Crippen molar-refractivity contribution in [2.45, 2.75) is 6.54 Å². The Morgan fingerprint density at radius 2 is 1.92 bits per heavy atom. The molecule has 128 valence electrons. The molecule has 0 fully saturated rings. The van der Waals surface area contributed by atoms with Crippen LogP contribution in [0.3, 0.4) is 0 Å². The third kappa shape index (κ3) is 3.75. The minimum absolute atomic E-state index is 0.147. The number of aromatic nitrogens is 1. The van der Waals surface area contributed by atoms with E-state index in [0.717, 1.165) is 10.9 Å². The van der Waals surface area contributed by atoms with Crippen LogP contribution in [0.15, 0.2) is 66.6 Å². The monoisotopic (exact) mass is 341 g/mol. The maximum Gasteiger partial charge on any atom is 0.255 e. The number of hydrogen-bond acceptors (Lipinski definition) is 2. The highest BCUT2D eigenvalue weighted by Gasteiger charge is 2.09. The van der Waals surface area contributed by atoms with Gasteiger partial charge in [-0.15, -0.1) is 0 Å². The summed E-state index contributed by atoms with van der Waals surface area (Å²) in [7, 11) is 0. The van der Waals surface area contributed by atoms with Gasteiger partial charge in [-0.2, -0.15) is 0 Å². The number of nitrogens with two attached hydrogens (primary N) is 1. The van der Waals surface area contributed by atoms with Gasteiger partial charge in [0.05, 0.1) is 6.33 Å². The quantitative estimate of drug-likeness (QED) is 0.741. The molecule has 0 atom stereocenters. The van der Waals surface area contributed by atoms with Gasteiger partial charge < -0.3 is 15.6 Å². The fourth-order valence-electron chi connectivity index (χ4n) is 2.58. The highest BCUT2D eigenvalue weighted by atomic mass is 19.1. The standard InChI is InChI=1S/C19H17F2N3O/c20-10-13(11-22)12-24-8-7-14-9-15(1-6-18(14)24)19(25)23-17-4-2-16(21)3-5-17/h1-10H,11-12,22H2,(H,23,25)/b13-10+. The molecule has 2 aromatic carbocycles. The van der Waals surface area contributed by atoms with Crippen molar-refractivity contribution in [1.82, 2.24) is 4.57 Å². The minimum Gasteiger partial charge on any atom is -0.343 e. The van der Waals surface area contributed by atoms with Crippen molar-refractivity contribution < 1.29 is 13.6 Å². The van der Waals surface area contributed by atoms with E-state index in [-0.39, 0.29) is 18.3 Å². The minimum atomic E-state index is -0.361. The van der Waals surface area contributed by atoms with Crippen LogP contribution in [-0.2, 0) is 6.54 Å². The lowest BCUT2D eigenvalue weighted by atomic mass is 10.1. The molecular formula is C19H17F2N3O. The number of anilines is 1. The van der Waals surface area contributed by atoms with Crippen LogP contribution in [0.5, 0.6) is 0 Å². The Balaban J connectivity index is 1.81. The number of amides is 1. The van der Waals surface area contributed by atoms with Gasteiger partial charge in [0, 0.05) is 41.4 Å². The second-order valence-corrected chi connectivity index (χ2v) is 5.65. The average Bonchev–Trinajstić information content (AvgIpc) is 3.03. The molecule has 0 aliphatic carbocycles. The number of benzene rings is 2. The third-order valence-electron chi connectivity index (χ3n) is 3.93. The maximum atomic E-state index is 12.9. The smallest absolute Gasteiger partial charge is 0.255 e. The summed E-state index contributed by atoms with van der Waals surface area (Å²) in [5, 5.41) is 3.58. The zero-order valence-corrected chi connectivity index (χ0v) is 13.4. The lowest BCUT2D eigenvalue weighted by molar-refractivity contribution is 0.102. The zero-order chi connectivity index (χ0) is 17.8. The first-order valence-electron chi connectivity index (χ1n) is 7.74. The van der Waals surface area contributed by atoms with Gasteiger partial charge in [0.15, 0.2) is 0 Å². The van der Waals surface area contributed by atoms with Crippen LogP contribution in [0.1, 0.15) is 10.4 Å². The Bertz CT molecular complexity index is 929. The van der Waals surface area contributed by atoms with Gasteiger partial charge in [-0.1, -0.05) is 0 Å². The predicted octanol–water partition coefficient (Wildman–Crippen LogP) is 3.84. The van der Waals surface area contributed by atoms with Gasteiger partial charge in [-0.3, -0.25) is 4.79 Å². The Hall–Kier alpha value is -2.99. The van der Waals surface area contributed by atoms with E-state index < -0.39 is 0 Å². The van der Waals surface area contributed by atoms with E-state index >= 15 is 0 Å². The number of nitrogens with zero attached hydrogens (tertiary/aromatic N) is 1. The molecule has 0 aliphatic rings. The van der Waals surface area contributed by atoms with Crippen LogP contribution in [0.25, 0.3) is 10.9 Å². The molecule has 0 aliphatic heterocycles. The second kappa shape index (κ2) is 7.27.